The third-order valence-corrected chi connectivity index (χ3v) is 3.93. The van der Waals surface area contributed by atoms with Crippen molar-refractivity contribution < 1.29 is 14.5 Å². The first-order valence-electron chi connectivity index (χ1n) is 6.89. The van der Waals surface area contributed by atoms with Crippen molar-refractivity contribution in [1.29, 1.82) is 0 Å². The van der Waals surface area contributed by atoms with Crippen molar-refractivity contribution in [2.75, 3.05) is 6.61 Å². The molecule has 1 heterocycles. The Kier molecular flexibility index (Phi) is 6.29. The van der Waals surface area contributed by atoms with Crippen LogP contribution in [0.4, 0.5) is 5.82 Å². The number of imidazole rings is 1. The molecule has 0 fully saturated rings. The summed E-state index contributed by atoms with van der Waals surface area (Å²) in [5.41, 5.74) is 0.193. The SMILES string of the molecule is Cc1ncc([N+](=O)[O-])n1CCOC(=S)NC(=O)c1ccc(Cl)cc1Cl. The molecule has 2 rings (SSSR count). The van der Waals surface area contributed by atoms with Crippen LogP contribution in [0.15, 0.2) is 24.4 Å². The minimum absolute atomic E-state index is 0.0193. The molecule has 11 heteroatoms. The van der Waals surface area contributed by atoms with Crippen molar-refractivity contribution in [3.8, 4) is 0 Å². The third-order valence-electron chi connectivity index (χ3n) is 3.16. The van der Waals surface area contributed by atoms with Crippen LogP contribution in [-0.4, -0.2) is 32.2 Å². The van der Waals surface area contributed by atoms with E-state index < -0.39 is 10.8 Å². The van der Waals surface area contributed by atoms with Crippen LogP contribution in [-0.2, 0) is 11.3 Å². The molecule has 0 aliphatic heterocycles. The fourth-order valence-electron chi connectivity index (χ4n) is 1.98. The van der Waals surface area contributed by atoms with Gasteiger partial charge in [-0.05, 0) is 35.3 Å². The van der Waals surface area contributed by atoms with Gasteiger partial charge >= 0.3 is 5.82 Å². The van der Waals surface area contributed by atoms with Crippen molar-refractivity contribution in [1.82, 2.24) is 14.9 Å². The van der Waals surface area contributed by atoms with E-state index in [-0.39, 0.29) is 34.7 Å². The van der Waals surface area contributed by atoms with Crippen molar-refractivity contribution in [3.63, 3.8) is 0 Å². The van der Waals surface area contributed by atoms with Gasteiger partial charge in [-0.1, -0.05) is 23.2 Å². The van der Waals surface area contributed by atoms with Crippen LogP contribution in [0.25, 0.3) is 0 Å². The first kappa shape index (κ1) is 19.1. The number of amides is 1. The number of nitrogens with one attached hydrogen (secondary N) is 1. The van der Waals surface area contributed by atoms with Gasteiger partial charge in [0.2, 0.25) is 0 Å². The van der Waals surface area contributed by atoms with E-state index in [1.807, 2.05) is 0 Å². The van der Waals surface area contributed by atoms with Crippen molar-refractivity contribution in [2.45, 2.75) is 13.5 Å². The molecule has 1 N–H and O–H groups in total. The van der Waals surface area contributed by atoms with Gasteiger partial charge in [-0.25, -0.2) is 9.55 Å². The maximum absolute atomic E-state index is 12.1. The zero-order valence-corrected chi connectivity index (χ0v) is 15.2. The minimum atomic E-state index is -0.545. The molecule has 8 nitrogen and oxygen atoms in total. The molecule has 0 saturated carbocycles. The number of hydrogen-bond donors (Lipinski definition) is 1. The van der Waals surface area contributed by atoms with Gasteiger partial charge in [0.15, 0.2) is 5.82 Å². The minimum Gasteiger partial charge on any atom is -0.467 e. The Morgan fingerprint density at radius 3 is 2.84 bits per heavy atom. The molecule has 132 valence electrons. The number of nitro groups is 1. The summed E-state index contributed by atoms with van der Waals surface area (Å²) >= 11 is 16.6. The highest BCUT2D eigenvalue weighted by molar-refractivity contribution is 7.80. The summed E-state index contributed by atoms with van der Waals surface area (Å²) in [5.74, 6) is -0.223. The molecule has 0 radical (unpaired) electrons. The fraction of sp³-hybridized carbons (Fsp3) is 0.214. The molecule has 0 spiro atoms. The number of thiocarbonyl (C=S) groups is 1. The number of aromatic nitrogens is 2. The van der Waals surface area contributed by atoms with Crippen LogP contribution in [0.3, 0.4) is 0 Å². The molecular weight excluding hydrogens is 391 g/mol. The van der Waals surface area contributed by atoms with Crippen molar-refractivity contribution in [2.24, 2.45) is 0 Å². The monoisotopic (exact) mass is 402 g/mol. The first-order valence-corrected chi connectivity index (χ1v) is 8.05. The summed E-state index contributed by atoms with van der Waals surface area (Å²) in [5, 5.41) is 13.7. The molecular formula is C14H12Cl2N4O4S. The molecule has 0 atom stereocenters. The van der Waals surface area contributed by atoms with Crippen molar-refractivity contribution >= 4 is 52.3 Å². The van der Waals surface area contributed by atoms with E-state index in [0.717, 1.165) is 6.20 Å². The second-order valence-electron chi connectivity index (χ2n) is 4.79. The lowest BCUT2D eigenvalue weighted by Gasteiger charge is -2.10. The quantitative estimate of drug-likeness (QED) is 0.468. The molecule has 0 aliphatic rings. The Labute approximate surface area is 157 Å². The second kappa shape index (κ2) is 8.24. The number of ether oxygens (including phenoxy) is 1. The lowest BCUT2D eigenvalue weighted by Crippen LogP contribution is -2.31. The van der Waals surface area contributed by atoms with Gasteiger partial charge in [0.05, 0.1) is 10.6 Å². The number of carbonyl (C=O) groups excluding carboxylic acids is 1. The standard InChI is InChI=1S/C14H12Cl2N4O4S/c1-8-17-7-12(20(22)23)19(8)4-5-24-14(25)18-13(21)10-3-2-9(15)6-11(10)16/h2-3,6-7H,4-5H2,1H3,(H,18,21,25). The van der Waals surface area contributed by atoms with E-state index in [2.05, 4.69) is 10.3 Å². The van der Waals surface area contributed by atoms with Gasteiger partial charge in [0.25, 0.3) is 11.1 Å². The summed E-state index contributed by atoms with van der Waals surface area (Å²) in [6.45, 7) is 1.81. The van der Waals surface area contributed by atoms with E-state index in [4.69, 9.17) is 40.2 Å². The average Bonchev–Trinajstić information content (AvgIpc) is 2.88. The summed E-state index contributed by atoms with van der Waals surface area (Å²) in [4.78, 5) is 26.3. The van der Waals surface area contributed by atoms with Gasteiger partial charge in [-0.3, -0.25) is 10.1 Å². The average molecular weight is 403 g/mol. The topological polar surface area (TPSA) is 99.3 Å². The Morgan fingerprint density at radius 2 is 2.20 bits per heavy atom. The molecule has 1 aromatic heterocycles. The highest BCUT2D eigenvalue weighted by Crippen LogP contribution is 2.20. The Balaban J connectivity index is 1.90. The van der Waals surface area contributed by atoms with Crippen LogP contribution in [0.1, 0.15) is 16.2 Å². The highest BCUT2D eigenvalue weighted by Gasteiger charge is 2.18. The molecule has 1 amide bonds. The second-order valence-corrected chi connectivity index (χ2v) is 6.00. The molecule has 0 saturated heterocycles. The number of aryl methyl sites for hydroxylation is 1. The normalized spacial score (nSPS) is 10.4. The van der Waals surface area contributed by atoms with Crippen LogP contribution >= 0.6 is 35.4 Å². The Hall–Kier alpha value is -2.23. The van der Waals surface area contributed by atoms with Gasteiger partial charge < -0.3 is 14.9 Å². The van der Waals surface area contributed by atoms with E-state index in [9.17, 15) is 14.9 Å². The molecule has 0 bridgehead atoms. The lowest BCUT2D eigenvalue weighted by atomic mass is 10.2. The summed E-state index contributed by atoms with van der Waals surface area (Å²) in [6.07, 6.45) is 1.16. The Bertz CT molecular complexity index is 840. The number of nitrogens with zero attached hydrogens (tertiary/aromatic N) is 3. The third kappa shape index (κ3) is 4.88. The fourth-order valence-corrected chi connectivity index (χ4v) is 2.65. The molecule has 0 aliphatic carbocycles. The van der Waals surface area contributed by atoms with E-state index in [1.165, 1.54) is 22.8 Å². The van der Waals surface area contributed by atoms with Gasteiger partial charge in [-0.2, -0.15) is 0 Å². The molecule has 0 unspecified atom stereocenters. The predicted molar refractivity (Wildman–Crippen MR) is 96.1 cm³/mol. The molecule has 25 heavy (non-hydrogen) atoms. The largest absolute Gasteiger partial charge is 0.467 e. The predicted octanol–water partition coefficient (Wildman–Crippen LogP) is 3.14. The number of benzene rings is 1. The first-order chi connectivity index (χ1) is 11.8. The summed E-state index contributed by atoms with van der Waals surface area (Å²) < 4.78 is 6.60. The van der Waals surface area contributed by atoms with Crippen molar-refractivity contribution in [3.05, 3.63) is 55.9 Å². The van der Waals surface area contributed by atoms with E-state index >= 15 is 0 Å². The van der Waals surface area contributed by atoms with Crippen LogP contribution in [0.5, 0.6) is 0 Å². The van der Waals surface area contributed by atoms with Crippen LogP contribution in [0, 0.1) is 17.0 Å². The zero-order chi connectivity index (χ0) is 18.6. The van der Waals surface area contributed by atoms with E-state index in [1.54, 1.807) is 6.92 Å². The smallest absolute Gasteiger partial charge is 0.342 e. The maximum Gasteiger partial charge on any atom is 0.342 e. The van der Waals surface area contributed by atoms with Gasteiger partial charge in [0, 0.05) is 11.9 Å². The van der Waals surface area contributed by atoms with E-state index in [0.29, 0.717) is 10.8 Å². The number of rotatable bonds is 5. The molecule has 2 aromatic rings. The zero-order valence-electron chi connectivity index (χ0n) is 12.9. The molecule has 1 aromatic carbocycles. The summed E-state index contributed by atoms with van der Waals surface area (Å²) in [6, 6.07) is 4.41. The highest BCUT2D eigenvalue weighted by atomic mass is 35.5. The maximum atomic E-state index is 12.1. The lowest BCUT2D eigenvalue weighted by molar-refractivity contribution is -0.392. The Morgan fingerprint density at radius 1 is 1.48 bits per heavy atom. The summed E-state index contributed by atoms with van der Waals surface area (Å²) in [7, 11) is 0. The van der Waals surface area contributed by atoms with Crippen LogP contribution < -0.4 is 5.32 Å². The number of hydrogen-bond acceptors (Lipinski definition) is 6. The van der Waals surface area contributed by atoms with Gasteiger partial charge in [0.1, 0.15) is 19.3 Å². The number of carbonyl (C=O) groups is 1. The number of halogens is 2. The van der Waals surface area contributed by atoms with Crippen LogP contribution in [0.2, 0.25) is 10.0 Å². The van der Waals surface area contributed by atoms with Gasteiger partial charge in [-0.15, -0.1) is 0 Å².